The molecular formula is C11H12F5N3O. The first-order valence-corrected chi connectivity index (χ1v) is 5.91. The van der Waals surface area contributed by atoms with Crippen LogP contribution in [0.4, 0.5) is 22.0 Å². The average Bonchev–Trinajstić information content (AvgIpc) is 2.30. The Kier molecular flexibility index (Phi) is 3.81. The van der Waals surface area contributed by atoms with Gasteiger partial charge in [0.15, 0.2) is 0 Å². The first-order valence-electron chi connectivity index (χ1n) is 5.91. The van der Waals surface area contributed by atoms with Gasteiger partial charge in [0, 0.05) is 25.7 Å². The summed E-state index contributed by atoms with van der Waals surface area (Å²) in [7, 11) is 0. The molecule has 20 heavy (non-hydrogen) atoms. The third-order valence-corrected chi connectivity index (χ3v) is 3.10. The van der Waals surface area contributed by atoms with Crippen molar-refractivity contribution in [2.24, 2.45) is 0 Å². The zero-order valence-corrected chi connectivity index (χ0v) is 10.3. The maximum atomic E-state index is 13.7. The van der Waals surface area contributed by atoms with Gasteiger partial charge in [0.2, 0.25) is 0 Å². The lowest BCUT2D eigenvalue weighted by molar-refractivity contribution is -0.141. The van der Waals surface area contributed by atoms with Crippen LogP contribution in [0.3, 0.4) is 0 Å². The van der Waals surface area contributed by atoms with E-state index in [1.165, 1.54) is 0 Å². The smallest absolute Gasteiger partial charge is 0.316 e. The lowest BCUT2D eigenvalue weighted by Gasteiger charge is -2.31. The van der Waals surface area contributed by atoms with E-state index in [9.17, 15) is 26.7 Å². The second kappa shape index (κ2) is 5.12. The van der Waals surface area contributed by atoms with Crippen molar-refractivity contribution in [1.82, 2.24) is 14.9 Å². The van der Waals surface area contributed by atoms with Gasteiger partial charge in [0.25, 0.3) is 11.5 Å². The number of rotatable bonds is 2. The third kappa shape index (κ3) is 3.33. The molecule has 0 aromatic carbocycles. The molecule has 0 aliphatic carbocycles. The molecule has 1 unspecified atom stereocenters. The highest BCUT2D eigenvalue weighted by Gasteiger charge is 2.43. The topological polar surface area (TPSA) is 46.9 Å². The number of nitrogens with zero attached hydrogens (tertiary/aromatic N) is 2. The Bertz CT molecular complexity index is 540. The van der Waals surface area contributed by atoms with Crippen LogP contribution in [0.15, 0.2) is 17.2 Å². The summed E-state index contributed by atoms with van der Waals surface area (Å²) in [5.74, 6) is -4.39. The standard InChI is InChI=1S/C11H12F5N3O/c12-10(13)1-2-17-3-7(10)8-5-19(6-11(14,15)16)9(20)4-18-8/h4-5,7,17H,1-3,6H2. The molecule has 0 saturated carbocycles. The van der Waals surface area contributed by atoms with Gasteiger partial charge >= 0.3 is 6.18 Å². The van der Waals surface area contributed by atoms with Crippen LogP contribution in [0, 0.1) is 0 Å². The predicted molar refractivity (Wildman–Crippen MR) is 59.7 cm³/mol. The molecule has 2 heterocycles. The summed E-state index contributed by atoms with van der Waals surface area (Å²) in [6.07, 6.45) is -3.61. The van der Waals surface area contributed by atoms with E-state index < -0.39 is 36.5 Å². The minimum atomic E-state index is -4.60. The van der Waals surface area contributed by atoms with Gasteiger partial charge in [-0.1, -0.05) is 0 Å². The van der Waals surface area contributed by atoms with Crippen LogP contribution in [0.2, 0.25) is 0 Å². The fourth-order valence-corrected chi connectivity index (χ4v) is 2.10. The Hall–Kier alpha value is -1.51. The van der Waals surface area contributed by atoms with Crippen LogP contribution >= 0.6 is 0 Å². The number of piperidine rings is 1. The maximum Gasteiger partial charge on any atom is 0.406 e. The Morgan fingerprint density at radius 2 is 2.15 bits per heavy atom. The van der Waals surface area contributed by atoms with Crippen LogP contribution in [-0.4, -0.2) is 34.7 Å². The first-order chi connectivity index (χ1) is 9.19. The quantitative estimate of drug-likeness (QED) is 0.842. The van der Waals surface area contributed by atoms with Gasteiger partial charge in [-0.2, -0.15) is 13.2 Å². The van der Waals surface area contributed by atoms with E-state index in [2.05, 4.69) is 10.3 Å². The molecule has 4 nitrogen and oxygen atoms in total. The summed E-state index contributed by atoms with van der Waals surface area (Å²) in [6.45, 7) is -1.48. The largest absolute Gasteiger partial charge is 0.406 e. The van der Waals surface area contributed by atoms with Gasteiger partial charge in [-0.3, -0.25) is 9.78 Å². The third-order valence-electron chi connectivity index (χ3n) is 3.10. The van der Waals surface area contributed by atoms with Crippen LogP contribution < -0.4 is 10.9 Å². The first kappa shape index (κ1) is 14.9. The molecule has 0 amide bonds. The van der Waals surface area contributed by atoms with Crippen molar-refractivity contribution >= 4 is 0 Å². The summed E-state index contributed by atoms with van der Waals surface area (Å²) in [5, 5.41) is 2.74. The minimum Gasteiger partial charge on any atom is -0.316 e. The Morgan fingerprint density at radius 3 is 2.75 bits per heavy atom. The molecule has 1 aromatic rings. The molecule has 1 aliphatic rings. The molecule has 0 bridgehead atoms. The van der Waals surface area contributed by atoms with E-state index >= 15 is 0 Å². The number of aromatic nitrogens is 2. The highest BCUT2D eigenvalue weighted by Crippen LogP contribution is 2.36. The molecule has 112 valence electrons. The van der Waals surface area contributed by atoms with Crippen molar-refractivity contribution in [1.29, 1.82) is 0 Å². The molecule has 1 aromatic heterocycles. The molecule has 0 radical (unpaired) electrons. The average molecular weight is 297 g/mol. The van der Waals surface area contributed by atoms with Crippen molar-refractivity contribution in [3.05, 3.63) is 28.4 Å². The van der Waals surface area contributed by atoms with Crippen molar-refractivity contribution in [2.75, 3.05) is 13.1 Å². The zero-order valence-electron chi connectivity index (χ0n) is 10.3. The van der Waals surface area contributed by atoms with E-state index in [4.69, 9.17) is 0 Å². The van der Waals surface area contributed by atoms with Crippen LogP contribution in [0.25, 0.3) is 0 Å². The lowest BCUT2D eigenvalue weighted by atomic mass is 9.92. The van der Waals surface area contributed by atoms with Gasteiger partial charge in [-0.25, -0.2) is 8.78 Å². The summed E-state index contributed by atoms with van der Waals surface area (Å²) in [5.41, 5.74) is -1.19. The van der Waals surface area contributed by atoms with E-state index in [0.717, 1.165) is 6.20 Å². The number of nitrogens with one attached hydrogen (secondary N) is 1. The molecule has 1 N–H and O–H groups in total. The molecule has 0 spiro atoms. The highest BCUT2D eigenvalue weighted by atomic mass is 19.4. The molecule has 1 aliphatic heterocycles. The van der Waals surface area contributed by atoms with Crippen molar-refractivity contribution < 1.29 is 22.0 Å². The van der Waals surface area contributed by atoms with Gasteiger partial charge in [-0.05, 0) is 0 Å². The van der Waals surface area contributed by atoms with E-state index in [0.29, 0.717) is 10.8 Å². The number of hydrogen-bond acceptors (Lipinski definition) is 3. The summed E-state index contributed by atoms with van der Waals surface area (Å²) < 4.78 is 64.7. The fourth-order valence-electron chi connectivity index (χ4n) is 2.10. The highest BCUT2D eigenvalue weighted by molar-refractivity contribution is 5.12. The monoisotopic (exact) mass is 297 g/mol. The van der Waals surface area contributed by atoms with Gasteiger partial charge in [-0.15, -0.1) is 0 Å². The molecule has 1 fully saturated rings. The molecule has 9 heteroatoms. The Balaban J connectivity index is 2.33. The summed E-state index contributed by atoms with van der Waals surface area (Å²) in [6, 6.07) is 0. The van der Waals surface area contributed by atoms with E-state index in [1.807, 2.05) is 0 Å². The van der Waals surface area contributed by atoms with Crippen LogP contribution in [0.1, 0.15) is 18.0 Å². The van der Waals surface area contributed by atoms with Crippen molar-refractivity contribution in [2.45, 2.75) is 31.0 Å². The predicted octanol–water partition coefficient (Wildman–Crippen LogP) is 1.52. The minimum absolute atomic E-state index is 0.0930. The SMILES string of the molecule is O=c1cnc(C2CNCCC2(F)F)cn1CC(F)(F)F. The second-order valence-corrected chi connectivity index (χ2v) is 4.66. The number of halogens is 5. The van der Waals surface area contributed by atoms with E-state index in [-0.39, 0.29) is 18.8 Å². The van der Waals surface area contributed by atoms with Crippen LogP contribution in [-0.2, 0) is 6.54 Å². The van der Waals surface area contributed by atoms with Gasteiger partial charge < -0.3 is 9.88 Å². The fraction of sp³-hybridized carbons (Fsp3) is 0.636. The Morgan fingerprint density at radius 1 is 1.45 bits per heavy atom. The lowest BCUT2D eigenvalue weighted by Crippen LogP contribution is -2.44. The number of hydrogen-bond donors (Lipinski definition) is 1. The Labute approximate surface area is 110 Å². The summed E-state index contributed by atoms with van der Waals surface area (Å²) >= 11 is 0. The van der Waals surface area contributed by atoms with Crippen LogP contribution in [0.5, 0.6) is 0 Å². The summed E-state index contributed by atoms with van der Waals surface area (Å²) in [4.78, 5) is 14.9. The maximum absolute atomic E-state index is 13.7. The molecular weight excluding hydrogens is 285 g/mol. The van der Waals surface area contributed by atoms with E-state index in [1.54, 1.807) is 0 Å². The molecule has 1 atom stereocenters. The molecule has 2 rings (SSSR count). The molecule has 1 saturated heterocycles. The van der Waals surface area contributed by atoms with Crippen molar-refractivity contribution in [3.63, 3.8) is 0 Å². The van der Waals surface area contributed by atoms with Gasteiger partial charge in [0.05, 0.1) is 17.8 Å². The second-order valence-electron chi connectivity index (χ2n) is 4.66. The zero-order chi connectivity index (χ0) is 15.0. The normalized spacial score (nSPS) is 22.8. The van der Waals surface area contributed by atoms with Crippen molar-refractivity contribution in [3.8, 4) is 0 Å². The number of alkyl halides is 5. The van der Waals surface area contributed by atoms with Gasteiger partial charge in [0.1, 0.15) is 6.54 Å².